The van der Waals surface area contributed by atoms with E-state index < -0.39 is 0 Å². The summed E-state index contributed by atoms with van der Waals surface area (Å²) in [5.41, 5.74) is 3.38. The molecule has 1 atom stereocenters. The van der Waals surface area contributed by atoms with Crippen LogP contribution in [0, 0.1) is 6.92 Å². The summed E-state index contributed by atoms with van der Waals surface area (Å²) in [6, 6.07) is 6.17. The van der Waals surface area contributed by atoms with E-state index in [-0.39, 0.29) is 12.0 Å². The molecule has 0 unspecified atom stereocenters. The Labute approximate surface area is 143 Å². The number of piperazine rings is 1. The molecule has 5 nitrogen and oxygen atoms in total. The topological polar surface area (TPSA) is 59.6 Å². The Bertz CT molecular complexity index is 702. The van der Waals surface area contributed by atoms with Gasteiger partial charge in [-0.1, -0.05) is 19.1 Å². The van der Waals surface area contributed by atoms with Crippen molar-refractivity contribution in [1.82, 2.24) is 14.8 Å². The summed E-state index contributed by atoms with van der Waals surface area (Å²) < 4.78 is 0. The lowest BCUT2D eigenvalue weighted by atomic mass is 10.0. The zero-order valence-corrected chi connectivity index (χ0v) is 14.6. The molecule has 1 aromatic carbocycles. The van der Waals surface area contributed by atoms with Gasteiger partial charge < -0.3 is 15.0 Å². The Kier molecular flexibility index (Phi) is 5.21. The minimum Gasteiger partial charge on any atom is -0.392 e. The number of aliphatic hydroxyl groups excluding tert-OH is 1. The lowest BCUT2D eigenvalue weighted by Crippen LogP contribution is -2.50. The number of β-amino-alcohol motifs (C(OH)–C–C–N with tert-alkyl or cyclic N) is 1. The lowest BCUT2D eigenvalue weighted by Gasteiger charge is -2.35. The van der Waals surface area contributed by atoms with Gasteiger partial charge in [0, 0.05) is 49.8 Å². The van der Waals surface area contributed by atoms with Crippen molar-refractivity contribution >= 4 is 16.8 Å². The number of rotatable bonds is 5. The molecule has 1 saturated heterocycles. The lowest BCUT2D eigenvalue weighted by molar-refractivity contribution is -0.132. The number of aromatic amines is 1. The summed E-state index contributed by atoms with van der Waals surface area (Å²) >= 11 is 0. The van der Waals surface area contributed by atoms with Crippen molar-refractivity contribution < 1.29 is 9.90 Å². The van der Waals surface area contributed by atoms with Gasteiger partial charge in [0.15, 0.2) is 0 Å². The van der Waals surface area contributed by atoms with Gasteiger partial charge >= 0.3 is 0 Å². The van der Waals surface area contributed by atoms with Gasteiger partial charge in [0.05, 0.1) is 12.5 Å². The Morgan fingerprint density at radius 2 is 2.04 bits per heavy atom. The maximum absolute atomic E-state index is 12.6. The van der Waals surface area contributed by atoms with Gasteiger partial charge in [-0.15, -0.1) is 0 Å². The SMILES string of the molecule is CC[C@H](O)CN1CCN(C(=O)Cc2c[nH]c3cccc(C)c23)CC1. The highest BCUT2D eigenvalue weighted by Crippen LogP contribution is 2.23. The first-order valence-electron chi connectivity index (χ1n) is 8.82. The van der Waals surface area contributed by atoms with Gasteiger partial charge in [-0.25, -0.2) is 0 Å². The largest absolute Gasteiger partial charge is 0.392 e. The van der Waals surface area contributed by atoms with E-state index in [1.54, 1.807) is 0 Å². The van der Waals surface area contributed by atoms with Crippen molar-refractivity contribution in [3.63, 3.8) is 0 Å². The minimum atomic E-state index is -0.263. The van der Waals surface area contributed by atoms with Gasteiger partial charge in [0.1, 0.15) is 0 Å². The van der Waals surface area contributed by atoms with Crippen LogP contribution in [-0.4, -0.2) is 64.6 Å². The smallest absolute Gasteiger partial charge is 0.227 e. The summed E-state index contributed by atoms with van der Waals surface area (Å²) in [7, 11) is 0. The molecule has 0 radical (unpaired) electrons. The summed E-state index contributed by atoms with van der Waals surface area (Å²) in [5.74, 6) is 0.190. The van der Waals surface area contributed by atoms with E-state index in [2.05, 4.69) is 22.9 Å². The summed E-state index contributed by atoms with van der Waals surface area (Å²) in [5, 5.41) is 10.9. The highest BCUT2D eigenvalue weighted by molar-refractivity contribution is 5.91. The number of carbonyl (C=O) groups excluding carboxylic acids is 1. The molecule has 0 aliphatic carbocycles. The molecular formula is C19H27N3O2. The minimum absolute atomic E-state index is 0.190. The number of hydrogen-bond donors (Lipinski definition) is 2. The maximum Gasteiger partial charge on any atom is 0.227 e. The Morgan fingerprint density at radius 3 is 2.75 bits per heavy atom. The number of fused-ring (bicyclic) bond motifs is 1. The molecule has 0 saturated carbocycles. The molecule has 0 spiro atoms. The quantitative estimate of drug-likeness (QED) is 0.881. The van der Waals surface area contributed by atoms with E-state index in [0.29, 0.717) is 13.0 Å². The van der Waals surface area contributed by atoms with Gasteiger partial charge in [-0.3, -0.25) is 9.69 Å². The third kappa shape index (κ3) is 3.62. The molecule has 1 amide bonds. The number of aryl methyl sites for hydroxylation is 1. The molecule has 1 aromatic heterocycles. The number of nitrogens with zero attached hydrogens (tertiary/aromatic N) is 2. The second-order valence-corrected chi connectivity index (χ2v) is 6.73. The van der Waals surface area contributed by atoms with E-state index >= 15 is 0 Å². The fourth-order valence-electron chi connectivity index (χ4n) is 3.47. The van der Waals surface area contributed by atoms with E-state index in [4.69, 9.17) is 0 Å². The van der Waals surface area contributed by atoms with Crippen molar-refractivity contribution in [2.75, 3.05) is 32.7 Å². The number of carbonyl (C=O) groups is 1. The van der Waals surface area contributed by atoms with Crippen LogP contribution in [0.2, 0.25) is 0 Å². The predicted molar refractivity (Wildman–Crippen MR) is 96.1 cm³/mol. The highest BCUT2D eigenvalue weighted by Gasteiger charge is 2.23. The Balaban J connectivity index is 1.60. The van der Waals surface area contributed by atoms with Crippen molar-refractivity contribution in [3.8, 4) is 0 Å². The summed E-state index contributed by atoms with van der Waals surface area (Å²) in [6.45, 7) is 7.97. The van der Waals surface area contributed by atoms with Gasteiger partial charge in [-0.05, 0) is 30.5 Å². The van der Waals surface area contributed by atoms with Crippen molar-refractivity contribution in [2.45, 2.75) is 32.8 Å². The molecule has 1 fully saturated rings. The van der Waals surface area contributed by atoms with E-state index in [1.807, 2.05) is 30.2 Å². The van der Waals surface area contributed by atoms with Crippen molar-refractivity contribution in [3.05, 3.63) is 35.5 Å². The Hall–Kier alpha value is -1.85. The Morgan fingerprint density at radius 1 is 1.29 bits per heavy atom. The van der Waals surface area contributed by atoms with Crippen LogP contribution in [0.5, 0.6) is 0 Å². The van der Waals surface area contributed by atoms with Crippen LogP contribution in [0.1, 0.15) is 24.5 Å². The summed E-state index contributed by atoms with van der Waals surface area (Å²) in [6.07, 6.45) is 2.92. The number of amides is 1. The van der Waals surface area contributed by atoms with E-state index in [9.17, 15) is 9.90 Å². The zero-order valence-electron chi connectivity index (χ0n) is 14.6. The van der Waals surface area contributed by atoms with Crippen LogP contribution in [-0.2, 0) is 11.2 Å². The first-order valence-corrected chi connectivity index (χ1v) is 8.82. The molecule has 1 aliphatic heterocycles. The number of H-pyrrole nitrogens is 1. The van der Waals surface area contributed by atoms with Crippen molar-refractivity contribution in [2.24, 2.45) is 0 Å². The molecule has 0 bridgehead atoms. The van der Waals surface area contributed by atoms with Crippen LogP contribution in [0.25, 0.3) is 10.9 Å². The normalized spacial score (nSPS) is 17.4. The van der Waals surface area contributed by atoms with Crippen LogP contribution < -0.4 is 0 Å². The fourth-order valence-corrected chi connectivity index (χ4v) is 3.47. The summed E-state index contributed by atoms with van der Waals surface area (Å²) in [4.78, 5) is 20.1. The molecule has 130 valence electrons. The first-order chi connectivity index (χ1) is 11.6. The second-order valence-electron chi connectivity index (χ2n) is 6.73. The molecule has 2 aromatic rings. The zero-order chi connectivity index (χ0) is 17.1. The van der Waals surface area contributed by atoms with Crippen LogP contribution in [0.3, 0.4) is 0 Å². The number of nitrogens with one attached hydrogen (secondary N) is 1. The van der Waals surface area contributed by atoms with Gasteiger partial charge in [0.2, 0.25) is 5.91 Å². The molecular weight excluding hydrogens is 302 g/mol. The van der Waals surface area contributed by atoms with Gasteiger partial charge in [-0.2, -0.15) is 0 Å². The third-order valence-electron chi connectivity index (χ3n) is 5.00. The highest BCUT2D eigenvalue weighted by atomic mass is 16.3. The van der Waals surface area contributed by atoms with Crippen LogP contribution in [0.15, 0.2) is 24.4 Å². The standard InChI is InChI=1S/C19H27N3O2/c1-3-16(23)13-21-7-9-22(10-8-21)18(24)11-15-12-20-17-6-4-5-14(2)19(15)17/h4-6,12,16,20,23H,3,7-11,13H2,1-2H3/t16-/m0/s1. The monoisotopic (exact) mass is 329 g/mol. The molecule has 3 rings (SSSR count). The number of aliphatic hydroxyl groups is 1. The fraction of sp³-hybridized carbons (Fsp3) is 0.526. The van der Waals surface area contributed by atoms with Crippen LogP contribution >= 0.6 is 0 Å². The van der Waals surface area contributed by atoms with E-state index in [0.717, 1.165) is 43.7 Å². The maximum atomic E-state index is 12.6. The average Bonchev–Trinajstić information content (AvgIpc) is 2.99. The number of aromatic nitrogens is 1. The second kappa shape index (κ2) is 7.36. The number of benzene rings is 1. The number of hydrogen-bond acceptors (Lipinski definition) is 3. The average molecular weight is 329 g/mol. The molecule has 24 heavy (non-hydrogen) atoms. The van der Waals surface area contributed by atoms with Gasteiger partial charge in [0.25, 0.3) is 0 Å². The molecule has 2 N–H and O–H groups in total. The molecule has 1 aliphatic rings. The van der Waals surface area contributed by atoms with Crippen molar-refractivity contribution in [1.29, 1.82) is 0 Å². The molecule has 2 heterocycles. The first kappa shape index (κ1) is 17.0. The van der Waals surface area contributed by atoms with Crippen LogP contribution in [0.4, 0.5) is 0 Å². The molecule has 5 heteroatoms. The van der Waals surface area contributed by atoms with E-state index in [1.165, 1.54) is 10.9 Å². The third-order valence-corrected chi connectivity index (χ3v) is 5.00. The predicted octanol–water partition coefficient (Wildman–Crippen LogP) is 1.93.